The highest BCUT2D eigenvalue weighted by Gasteiger charge is 2.36. The van der Waals surface area contributed by atoms with Gasteiger partial charge in [-0.3, -0.25) is 9.69 Å². The van der Waals surface area contributed by atoms with Gasteiger partial charge in [-0.15, -0.1) is 0 Å². The van der Waals surface area contributed by atoms with E-state index in [0.717, 1.165) is 13.1 Å². The van der Waals surface area contributed by atoms with Crippen LogP contribution in [0.5, 0.6) is 0 Å². The maximum Gasteiger partial charge on any atom is 0.254 e. The summed E-state index contributed by atoms with van der Waals surface area (Å²) in [5.41, 5.74) is 1.17. The molecule has 0 spiro atoms. The van der Waals surface area contributed by atoms with Crippen LogP contribution >= 0.6 is 0 Å². The Bertz CT molecular complexity index is 563. The zero-order valence-corrected chi connectivity index (χ0v) is 11.7. The van der Waals surface area contributed by atoms with Gasteiger partial charge >= 0.3 is 0 Å². The molecule has 1 aromatic rings. The van der Waals surface area contributed by atoms with E-state index in [-0.39, 0.29) is 11.9 Å². The van der Waals surface area contributed by atoms with Crippen LogP contribution in [-0.2, 0) is 0 Å². The van der Waals surface area contributed by atoms with Gasteiger partial charge in [0.1, 0.15) is 0 Å². The van der Waals surface area contributed by atoms with E-state index in [2.05, 4.69) is 17.9 Å². The number of hydrogen-bond donors (Lipinski definition) is 0. The highest BCUT2D eigenvalue weighted by Crippen LogP contribution is 2.25. The Morgan fingerprint density at radius 1 is 1.40 bits per heavy atom. The second-order valence-electron chi connectivity index (χ2n) is 5.79. The topological polar surface area (TPSA) is 47.3 Å². The SMILES string of the molecule is CC1CN2CCCC2CN1C(=O)c1cccc(C#N)c1. The number of carbonyl (C=O) groups excluding carboxylic acids is 1. The third-order valence-electron chi connectivity index (χ3n) is 4.44. The number of hydrogen-bond acceptors (Lipinski definition) is 3. The monoisotopic (exact) mass is 269 g/mol. The fraction of sp³-hybridized carbons (Fsp3) is 0.500. The molecule has 2 fully saturated rings. The van der Waals surface area contributed by atoms with E-state index < -0.39 is 0 Å². The Labute approximate surface area is 119 Å². The van der Waals surface area contributed by atoms with Crippen LogP contribution in [0, 0.1) is 11.3 Å². The van der Waals surface area contributed by atoms with E-state index in [1.54, 1.807) is 24.3 Å². The van der Waals surface area contributed by atoms with E-state index in [9.17, 15) is 4.79 Å². The lowest BCUT2D eigenvalue weighted by Crippen LogP contribution is -2.56. The summed E-state index contributed by atoms with van der Waals surface area (Å²) in [5.74, 6) is 0.0566. The lowest BCUT2D eigenvalue weighted by atomic mass is 10.0. The van der Waals surface area contributed by atoms with Crippen molar-refractivity contribution in [3.8, 4) is 6.07 Å². The average molecular weight is 269 g/mol. The van der Waals surface area contributed by atoms with Crippen molar-refractivity contribution in [1.82, 2.24) is 9.80 Å². The van der Waals surface area contributed by atoms with E-state index in [0.29, 0.717) is 17.2 Å². The second-order valence-corrected chi connectivity index (χ2v) is 5.79. The molecule has 2 saturated heterocycles. The van der Waals surface area contributed by atoms with Crippen LogP contribution in [-0.4, -0.2) is 47.4 Å². The van der Waals surface area contributed by atoms with Gasteiger partial charge in [-0.2, -0.15) is 5.26 Å². The van der Waals surface area contributed by atoms with E-state index in [1.165, 1.54) is 19.4 Å². The van der Waals surface area contributed by atoms with Gasteiger partial charge in [-0.05, 0) is 44.5 Å². The Morgan fingerprint density at radius 3 is 3.05 bits per heavy atom. The normalized spacial score (nSPS) is 26.1. The van der Waals surface area contributed by atoms with E-state index in [4.69, 9.17) is 5.26 Å². The first-order valence-electron chi connectivity index (χ1n) is 7.24. The van der Waals surface area contributed by atoms with Crippen LogP contribution in [0.15, 0.2) is 24.3 Å². The first kappa shape index (κ1) is 13.1. The zero-order valence-electron chi connectivity index (χ0n) is 11.7. The smallest absolute Gasteiger partial charge is 0.254 e. The molecular formula is C16H19N3O. The first-order valence-corrected chi connectivity index (χ1v) is 7.24. The lowest BCUT2D eigenvalue weighted by Gasteiger charge is -2.42. The summed E-state index contributed by atoms with van der Waals surface area (Å²) in [5, 5.41) is 8.95. The zero-order chi connectivity index (χ0) is 14.1. The minimum absolute atomic E-state index is 0.0566. The number of amides is 1. The molecule has 0 radical (unpaired) electrons. The molecule has 0 aromatic heterocycles. The van der Waals surface area contributed by atoms with Gasteiger partial charge in [-0.25, -0.2) is 0 Å². The predicted octanol–water partition coefficient (Wildman–Crippen LogP) is 1.87. The Balaban J connectivity index is 1.80. The average Bonchev–Trinajstić information content (AvgIpc) is 2.92. The number of nitriles is 1. The van der Waals surface area contributed by atoms with Crippen LogP contribution in [0.25, 0.3) is 0 Å². The summed E-state index contributed by atoms with van der Waals surface area (Å²) in [4.78, 5) is 17.1. The molecule has 2 heterocycles. The van der Waals surface area contributed by atoms with Crippen molar-refractivity contribution < 1.29 is 4.79 Å². The molecule has 1 aromatic carbocycles. The molecule has 104 valence electrons. The molecule has 2 aliphatic rings. The minimum atomic E-state index is 0.0566. The number of rotatable bonds is 1. The van der Waals surface area contributed by atoms with Gasteiger partial charge < -0.3 is 4.90 Å². The molecule has 0 bridgehead atoms. The molecular weight excluding hydrogens is 250 g/mol. The maximum absolute atomic E-state index is 12.7. The van der Waals surface area contributed by atoms with E-state index in [1.807, 2.05) is 4.90 Å². The van der Waals surface area contributed by atoms with Gasteiger partial charge in [0, 0.05) is 30.7 Å². The number of fused-ring (bicyclic) bond motifs is 1. The fourth-order valence-electron chi connectivity index (χ4n) is 3.36. The summed E-state index contributed by atoms with van der Waals surface area (Å²) >= 11 is 0. The van der Waals surface area contributed by atoms with Crippen LogP contribution in [0.1, 0.15) is 35.7 Å². The molecule has 4 heteroatoms. The molecule has 0 aliphatic carbocycles. The van der Waals surface area contributed by atoms with Crippen molar-refractivity contribution in [3.05, 3.63) is 35.4 Å². The summed E-state index contributed by atoms with van der Waals surface area (Å²) in [7, 11) is 0. The quantitative estimate of drug-likeness (QED) is 0.782. The molecule has 0 N–H and O–H groups in total. The number of carbonyl (C=O) groups is 1. The van der Waals surface area contributed by atoms with Gasteiger partial charge in [0.2, 0.25) is 0 Å². The van der Waals surface area contributed by atoms with Crippen LogP contribution in [0.4, 0.5) is 0 Å². The van der Waals surface area contributed by atoms with Crippen molar-refractivity contribution in [3.63, 3.8) is 0 Å². The van der Waals surface area contributed by atoms with Crippen molar-refractivity contribution in [2.75, 3.05) is 19.6 Å². The van der Waals surface area contributed by atoms with Crippen LogP contribution in [0.2, 0.25) is 0 Å². The number of piperazine rings is 1. The second kappa shape index (κ2) is 5.26. The molecule has 2 atom stereocenters. The van der Waals surface area contributed by atoms with Gasteiger partial charge in [-0.1, -0.05) is 6.07 Å². The van der Waals surface area contributed by atoms with Gasteiger partial charge in [0.15, 0.2) is 0 Å². The molecule has 4 nitrogen and oxygen atoms in total. The van der Waals surface area contributed by atoms with Crippen molar-refractivity contribution in [2.24, 2.45) is 0 Å². The standard InChI is InChI=1S/C16H19N3O/c1-12-10-18-7-3-6-15(18)11-19(12)16(20)14-5-2-4-13(8-14)9-17/h2,4-5,8,12,15H,3,6-7,10-11H2,1H3. The third kappa shape index (κ3) is 2.30. The minimum Gasteiger partial charge on any atom is -0.333 e. The summed E-state index contributed by atoms with van der Waals surface area (Å²) in [6.45, 7) is 5.06. The molecule has 2 aliphatic heterocycles. The highest BCUT2D eigenvalue weighted by molar-refractivity contribution is 5.94. The van der Waals surface area contributed by atoms with Gasteiger partial charge in [0.25, 0.3) is 5.91 Å². The van der Waals surface area contributed by atoms with Crippen LogP contribution in [0.3, 0.4) is 0 Å². The Hall–Kier alpha value is -1.86. The largest absolute Gasteiger partial charge is 0.333 e. The number of nitrogens with zero attached hydrogens (tertiary/aromatic N) is 3. The highest BCUT2D eigenvalue weighted by atomic mass is 16.2. The molecule has 2 unspecified atom stereocenters. The lowest BCUT2D eigenvalue weighted by molar-refractivity contribution is 0.0395. The third-order valence-corrected chi connectivity index (χ3v) is 4.44. The maximum atomic E-state index is 12.7. The van der Waals surface area contributed by atoms with Crippen molar-refractivity contribution in [1.29, 1.82) is 5.26 Å². The number of benzene rings is 1. The molecule has 20 heavy (non-hydrogen) atoms. The Morgan fingerprint density at radius 2 is 2.25 bits per heavy atom. The Kier molecular flexibility index (Phi) is 3.45. The van der Waals surface area contributed by atoms with Crippen LogP contribution < -0.4 is 0 Å². The first-order chi connectivity index (χ1) is 9.69. The van der Waals surface area contributed by atoms with Crippen molar-refractivity contribution in [2.45, 2.75) is 31.8 Å². The van der Waals surface area contributed by atoms with E-state index >= 15 is 0 Å². The summed E-state index contributed by atoms with van der Waals surface area (Å²) < 4.78 is 0. The summed E-state index contributed by atoms with van der Waals surface area (Å²) in [6.07, 6.45) is 2.43. The molecule has 0 saturated carbocycles. The fourth-order valence-corrected chi connectivity index (χ4v) is 3.36. The molecule has 3 rings (SSSR count). The van der Waals surface area contributed by atoms with Crippen molar-refractivity contribution >= 4 is 5.91 Å². The summed E-state index contributed by atoms with van der Waals surface area (Å²) in [6, 6.07) is 9.86. The molecule has 1 amide bonds. The predicted molar refractivity (Wildman–Crippen MR) is 76.3 cm³/mol. The van der Waals surface area contributed by atoms with Gasteiger partial charge in [0.05, 0.1) is 11.6 Å².